The predicted molar refractivity (Wildman–Crippen MR) is 144 cm³/mol. The van der Waals surface area contributed by atoms with Crippen LogP contribution in [0.15, 0.2) is 42.5 Å². The first-order valence-corrected chi connectivity index (χ1v) is 13.9. The predicted octanol–water partition coefficient (Wildman–Crippen LogP) is 6.41. The molecule has 0 radical (unpaired) electrons. The second-order valence-electron chi connectivity index (χ2n) is 11.5. The molecular formula is C30H46N2O4. The zero-order chi connectivity index (χ0) is 26.1. The molecule has 2 fully saturated rings. The van der Waals surface area contributed by atoms with Crippen LogP contribution in [0, 0.1) is 17.8 Å². The number of hydrogen-bond acceptors (Lipinski definition) is 3. The Balaban J connectivity index is 1.58. The summed E-state index contributed by atoms with van der Waals surface area (Å²) in [4.78, 5) is 26.1. The first-order valence-electron chi connectivity index (χ1n) is 13.9. The molecule has 1 saturated carbocycles. The van der Waals surface area contributed by atoms with E-state index in [0.29, 0.717) is 24.3 Å². The highest BCUT2D eigenvalue weighted by Gasteiger charge is 2.50. The van der Waals surface area contributed by atoms with Gasteiger partial charge in [-0.15, -0.1) is 0 Å². The van der Waals surface area contributed by atoms with E-state index in [1.165, 1.54) is 37.7 Å². The third-order valence-electron chi connectivity index (χ3n) is 8.03. The molecule has 1 heterocycles. The smallest absolute Gasteiger partial charge is 0.409 e. The van der Waals surface area contributed by atoms with E-state index in [0.717, 1.165) is 25.7 Å². The SMILES string of the molecule is CC(C)[C@H](CC=CC(=O)NCCc1ccccc1)C[C@@H]1OC(C)(C)N(C(=O)O)[C@H]1CC1CCCCC1. The molecule has 200 valence electrons. The summed E-state index contributed by atoms with van der Waals surface area (Å²) < 4.78 is 6.42. The van der Waals surface area contributed by atoms with Crippen molar-refractivity contribution in [3.63, 3.8) is 0 Å². The van der Waals surface area contributed by atoms with E-state index in [4.69, 9.17) is 4.74 Å². The topological polar surface area (TPSA) is 78.9 Å². The number of carbonyl (C=O) groups is 2. The molecule has 1 aromatic rings. The average Bonchev–Trinajstić information content (AvgIpc) is 3.08. The molecule has 36 heavy (non-hydrogen) atoms. The normalized spacial score (nSPS) is 23.3. The molecule has 3 atom stereocenters. The minimum atomic E-state index is -0.892. The summed E-state index contributed by atoms with van der Waals surface area (Å²) in [6.07, 6.45) is 12.0. The van der Waals surface area contributed by atoms with Crippen LogP contribution in [-0.4, -0.2) is 46.4 Å². The van der Waals surface area contributed by atoms with Crippen molar-refractivity contribution in [2.45, 2.75) is 103 Å². The largest absolute Gasteiger partial charge is 0.465 e. The monoisotopic (exact) mass is 498 g/mol. The molecule has 0 unspecified atom stereocenters. The van der Waals surface area contributed by atoms with E-state index in [2.05, 4.69) is 31.3 Å². The molecule has 2 aliphatic rings. The Labute approximate surface area is 217 Å². The van der Waals surface area contributed by atoms with Crippen LogP contribution in [0.4, 0.5) is 4.79 Å². The lowest BCUT2D eigenvalue weighted by molar-refractivity contribution is -0.116. The van der Waals surface area contributed by atoms with Crippen molar-refractivity contribution in [1.29, 1.82) is 0 Å². The summed E-state index contributed by atoms with van der Waals surface area (Å²) in [5, 5.41) is 13.0. The molecule has 0 spiro atoms. The Kier molecular flexibility index (Phi) is 10.4. The highest BCUT2D eigenvalue weighted by molar-refractivity contribution is 5.87. The van der Waals surface area contributed by atoms with Crippen LogP contribution >= 0.6 is 0 Å². The highest BCUT2D eigenvalue weighted by Crippen LogP contribution is 2.41. The van der Waals surface area contributed by atoms with Gasteiger partial charge in [0, 0.05) is 6.54 Å². The molecule has 0 bridgehead atoms. The molecule has 1 aliphatic carbocycles. The maximum atomic E-state index is 12.3. The molecule has 1 saturated heterocycles. The third-order valence-corrected chi connectivity index (χ3v) is 8.03. The lowest BCUT2D eigenvalue weighted by atomic mass is 9.80. The Hall–Kier alpha value is -2.34. The summed E-state index contributed by atoms with van der Waals surface area (Å²) in [5.41, 5.74) is 0.380. The van der Waals surface area contributed by atoms with Crippen LogP contribution < -0.4 is 5.32 Å². The number of carbonyl (C=O) groups excluding carboxylic acids is 1. The van der Waals surface area contributed by atoms with E-state index < -0.39 is 11.8 Å². The number of carboxylic acid groups (broad SMARTS) is 1. The number of nitrogens with one attached hydrogen (secondary N) is 1. The molecule has 1 aliphatic heterocycles. The van der Waals surface area contributed by atoms with Crippen LogP contribution in [0.3, 0.4) is 0 Å². The van der Waals surface area contributed by atoms with Crippen LogP contribution in [0.25, 0.3) is 0 Å². The van der Waals surface area contributed by atoms with E-state index >= 15 is 0 Å². The summed E-state index contributed by atoms with van der Waals surface area (Å²) in [5.74, 6) is 1.21. The van der Waals surface area contributed by atoms with Gasteiger partial charge < -0.3 is 15.2 Å². The molecule has 2 N–H and O–H groups in total. The van der Waals surface area contributed by atoms with E-state index in [1.54, 1.807) is 11.0 Å². The van der Waals surface area contributed by atoms with Gasteiger partial charge in [0.05, 0.1) is 12.1 Å². The summed E-state index contributed by atoms with van der Waals surface area (Å²) in [6.45, 7) is 8.76. The van der Waals surface area contributed by atoms with Gasteiger partial charge in [0.2, 0.25) is 5.91 Å². The Morgan fingerprint density at radius 1 is 1.17 bits per heavy atom. The lowest BCUT2D eigenvalue weighted by Crippen LogP contribution is -2.48. The standard InChI is InChI=1S/C30H46N2O4/c1-22(2)25(16-11-17-28(33)31-19-18-23-12-7-5-8-13-23)21-27-26(20-24-14-9-6-10-15-24)32(29(34)35)30(3,4)36-27/h5,7-8,11-13,17,22,24-27H,6,9-10,14-16,18-21H2,1-4H3,(H,31,33)(H,34,35)/t25-,26+,27+/m1/s1. The number of benzene rings is 1. The van der Waals surface area contributed by atoms with Crippen LogP contribution in [-0.2, 0) is 16.0 Å². The fourth-order valence-corrected chi connectivity index (χ4v) is 5.99. The minimum Gasteiger partial charge on any atom is -0.465 e. The second-order valence-corrected chi connectivity index (χ2v) is 11.5. The van der Waals surface area contributed by atoms with Crippen molar-refractivity contribution >= 4 is 12.0 Å². The van der Waals surface area contributed by atoms with Crippen LogP contribution in [0.2, 0.25) is 0 Å². The summed E-state index contributed by atoms with van der Waals surface area (Å²) in [7, 11) is 0. The first-order chi connectivity index (χ1) is 17.2. The van der Waals surface area contributed by atoms with Gasteiger partial charge in [-0.2, -0.15) is 0 Å². The van der Waals surface area contributed by atoms with Gasteiger partial charge in [0.25, 0.3) is 0 Å². The van der Waals surface area contributed by atoms with E-state index in [1.807, 2.05) is 38.1 Å². The maximum Gasteiger partial charge on any atom is 0.409 e. The van der Waals surface area contributed by atoms with Gasteiger partial charge in [-0.05, 0) is 68.9 Å². The molecular weight excluding hydrogens is 452 g/mol. The second kappa shape index (κ2) is 13.3. The van der Waals surface area contributed by atoms with Crippen molar-refractivity contribution < 1.29 is 19.4 Å². The van der Waals surface area contributed by atoms with Crippen LogP contribution in [0.5, 0.6) is 0 Å². The highest BCUT2D eigenvalue weighted by atomic mass is 16.6. The number of hydrogen-bond donors (Lipinski definition) is 2. The molecule has 0 aromatic heterocycles. The van der Waals surface area contributed by atoms with Gasteiger partial charge in [0.1, 0.15) is 5.72 Å². The van der Waals surface area contributed by atoms with Gasteiger partial charge in [-0.1, -0.05) is 82.4 Å². The van der Waals surface area contributed by atoms with Gasteiger partial charge in [-0.25, -0.2) is 4.79 Å². The van der Waals surface area contributed by atoms with Crippen molar-refractivity contribution in [3.8, 4) is 0 Å². The van der Waals surface area contributed by atoms with E-state index in [9.17, 15) is 14.7 Å². The lowest BCUT2D eigenvalue weighted by Gasteiger charge is -2.34. The molecule has 6 heteroatoms. The van der Waals surface area contributed by atoms with Crippen molar-refractivity contribution in [1.82, 2.24) is 10.2 Å². The number of amides is 2. The average molecular weight is 499 g/mol. The maximum absolute atomic E-state index is 12.3. The van der Waals surface area contributed by atoms with Crippen molar-refractivity contribution in [2.24, 2.45) is 17.8 Å². The zero-order valence-corrected chi connectivity index (χ0v) is 22.6. The number of nitrogens with zero attached hydrogens (tertiary/aromatic N) is 1. The number of ether oxygens (including phenoxy) is 1. The third kappa shape index (κ3) is 8.09. The molecule has 2 amide bonds. The quantitative estimate of drug-likeness (QED) is 0.346. The Morgan fingerprint density at radius 2 is 1.86 bits per heavy atom. The van der Waals surface area contributed by atoms with Gasteiger partial charge in [-0.3, -0.25) is 9.69 Å². The van der Waals surface area contributed by atoms with Gasteiger partial charge in [0.15, 0.2) is 0 Å². The van der Waals surface area contributed by atoms with Crippen LogP contribution in [0.1, 0.15) is 84.6 Å². The fraction of sp³-hybridized carbons (Fsp3) is 0.667. The van der Waals surface area contributed by atoms with Crippen molar-refractivity contribution in [2.75, 3.05) is 6.54 Å². The van der Waals surface area contributed by atoms with Gasteiger partial charge >= 0.3 is 6.09 Å². The van der Waals surface area contributed by atoms with Crippen molar-refractivity contribution in [3.05, 3.63) is 48.0 Å². The Morgan fingerprint density at radius 3 is 2.50 bits per heavy atom. The molecule has 6 nitrogen and oxygen atoms in total. The van der Waals surface area contributed by atoms with E-state index in [-0.39, 0.29) is 18.1 Å². The first kappa shape index (κ1) is 28.2. The number of rotatable bonds is 11. The minimum absolute atomic E-state index is 0.0704. The molecule has 3 rings (SSSR count). The molecule has 1 aromatic carbocycles. The summed E-state index contributed by atoms with van der Waals surface area (Å²) in [6, 6.07) is 10.0. The Bertz CT molecular complexity index is 861. The number of allylic oxidation sites excluding steroid dienone is 1. The summed E-state index contributed by atoms with van der Waals surface area (Å²) >= 11 is 0. The fourth-order valence-electron chi connectivity index (χ4n) is 5.99. The zero-order valence-electron chi connectivity index (χ0n) is 22.6.